The second-order valence-electron chi connectivity index (χ2n) is 4.49. The summed E-state index contributed by atoms with van der Waals surface area (Å²) < 4.78 is 10.3. The molecule has 0 saturated heterocycles. The normalized spacial score (nSPS) is 17.9. The monoisotopic (exact) mass is 210 g/mol. The van der Waals surface area contributed by atoms with E-state index < -0.39 is 5.60 Å². The predicted molar refractivity (Wildman–Crippen MR) is 58.0 cm³/mol. The van der Waals surface area contributed by atoms with Gasteiger partial charge in [-0.3, -0.25) is 4.79 Å². The average Bonchev–Trinajstić information content (AvgIpc) is 2.53. The van der Waals surface area contributed by atoms with Gasteiger partial charge in [-0.25, -0.2) is 0 Å². The first-order chi connectivity index (χ1) is 6.97. The smallest absolute Gasteiger partial charge is 0.306 e. The predicted octanol–water partition coefficient (Wildman–Crippen LogP) is 2.93. The lowest BCUT2D eigenvalue weighted by Crippen LogP contribution is -2.23. The van der Waals surface area contributed by atoms with Crippen molar-refractivity contribution >= 4 is 5.97 Å². The SMILES string of the molecule is CC(C)(C)OC(=O)CCC=C1CC=CO1. The van der Waals surface area contributed by atoms with Gasteiger partial charge in [0.2, 0.25) is 0 Å². The summed E-state index contributed by atoms with van der Waals surface area (Å²) in [6.07, 6.45) is 7.45. The molecule has 15 heavy (non-hydrogen) atoms. The van der Waals surface area contributed by atoms with Gasteiger partial charge < -0.3 is 9.47 Å². The highest BCUT2D eigenvalue weighted by atomic mass is 16.6. The Morgan fingerprint density at radius 1 is 1.60 bits per heavy atom. The Kier molecular flexibility index (Phi) is 3.95. The Morgan fingerprint density at radius 2 is 2.33 bits per heavy atom. The highest BCUT2D eigenvalue weighted by Crippen LogP contribution is 2.15. The molecule has 3 heteroatoms. The van der Waals surface area contributed by atoms with Crippen molar-refractivity contribution in [3.05, 3.63) is 24.2 Å². The van der Waals surface area contributed by atoms with E-state index in [0.29, 0.717) is 12.8 Å². The minimum Gasteiger partial charge on any atom is -0.470 e. The molecular formula is C12H18O3. The van der Waals surface area contributed by atoms with Crippen LogP contribution in [0.3, 0.4) is 0 Å². The molecule has 0 fully saturated rings. The first kappa shape index (κ1) is 11.8. The summed E-state index contributed by atoms with van der Waals surface area (Å²) in [6.45, 7) is 5.61. The van der Waals surface area contributed by atoms with E-state index in [1.807, 2.05) is 32.9 Å². The van der Waals surface area contributed by atoms with Crippen LogP contribution in [0.4, 0.5) is 0 Å². The Hall–Kier alpha value is -1.25. The molecule has 0 saturated carbocycles. The van der Waals surface area contributed by atoms with Gasteiger partial charge in [-0.2, -0.15) is 0 Å². The number of hydrogen-bond donors (Lipinski definition) is 0. The van der Waals surface area contributed by atoms with Gasteiger partial charge in [0, 0.05) is 12.8 Å². The molecule has 0 spiro atoms. The maximum absolute atomic E-state index is 11.3. The first-order valence-corrected chi connectivity index (χ1v) is 5.20. The molecule has 1 rings (SSSR count). The quantitative estimate of drug-likeness (QED) is 0.672. The Balaban J connectivity index is 2.20. The zero-order valence-electron chi connectivity index (χ0n) is 9.58. The standard InChI is InChI=1S/C12H18O3/c1-12(2,3)15-11(13)8-4-6-10-7-5-9-14-10/h5-6,9H,4,7-8H2,1-3H3. The van der Waals surface area contributed by atoms with Crippen LogP contribution in [0.25, 0.3) is 0 Å². The van der Waals surface area contributed by atoms with Crippen LogP contribution >= 0.6 is 0 Å². The molecule has 1 aliphatic heterocycles. The lowest BCUT2D eigenvalue weighted by atomic mass is 10.2. The van der Waals surface area contributed by atoms with E-state index in [2.05, 4.69) is 0 Å². The number of esters is 1. The van der Waals surface area contributed by atoms with Gasteiger partial charge >= 0.3 is 5.97 Å². The van der Waals surface area contributed by atoms with Crippen LogP contribution in [-0.4, -0.2) is 11.6 Å². The van der Waals surface area contributed by atoms with E-state index in [9.17, 15) is 4.79 Å². The van der Waals surface area contributed by atoms with Crippen molar-refractivity contribution < 1.29 is 14.3 Å². The number of carbonyl (C=O) groups excluding carboxylic acids is 1. The molecule has 1 heterocycles. The number of ether oxygens (including phenoxy) is 2. The fourth-order valence-electron chi connectivity index (χ4n) is 1.22. The topological polar surface area (TPSA) is 35.5 Å². The molecular weight excluding hydrogens is 192 g/mol. The summed E-state index contributed by atoms with van der Waals surface area (Å²) in [5.41, 5.74) is -0.393. The van der Waals surface area contributed by atoms with Crippen LogP contribution in [-0.2, 0) is 14.3 Å². The third kappa shape index (κ3) is 5.25. The minimum absolute atomic E-state index is 0.162. The number of rotatable bonds is 3. The lowest BCUT2D eigenvalue weighted by molar-refractivity contribution is -0.154. The van der Waals surface area contributed by atoms with Crippen LogP contribution in [0.15, 0.2) is 24.2 Å². The summed E-state index contributed by atoms with van der Waals surface area (Å²) >= 11 is 0. The maximum Gasteiger partial charge on any atom is 0.306 e. The molecule has 3 nitrogen and oxygen atoms in total. The number of carbonyl (C=O) groups is 1. The molecule has 0 radical (unpaired) electrons. The molecule has 0 aliphatic carbocycles. The van der Waals surface area contributed by atoms with Crippen molar-refractivity contribution in [3.8, 4) is 0 Å². The zero-order chi connectivity index (χ0) is 11.3. The minimum atomic E-state index is -0.393. The van der Waals surface area contributed by atoms with Crippen molar-refractivity contribution in [2.75, 3.05) is 0 Å². The van der Waals surface area contributed by atoms with Gasteiger partial charge in [-0.15, -0.1) is 0 Å². The summed E-state index contributed by atoms with van der Waals surface area (Å²) in [5, 5.41) is 0. The molecule has 0 amide bonds. The molecule has 0 aromatic rings. The van der Waals surface area contributed by atoms with Crippen LogP contribution in [0.1, 0.15) is 40.0 Å². The largest absolute Gasteiger partial charge is 0.470 e. The summed E-state index contributed by atoms with van der Waals surface area (Å²) in [5.74, 6) is 0.754. The third-order valence-electron chi connectivity index (χ3n) is 1.78. The van der Waals surface area contributed by atoms with E-state index in [4.69, 9.17) is 9.47 Å². The Morgan fingerprint density at radius 3 is 2.87 bits per heavy atom. The Labute approximate surface area is 90.8 Å². The van der Waals surface area contributed by atoms with Crippen LogP contribution in [0.5, 0.6) is 0 Å². The van der Waals surface area contributed by atoms with Crippen LogP contribution in [0.2, 0.25) is 0 Å². The summed E-state index contributed by atoms with van der Waals surface area (Å²) in [7, 11) is 0. The van der Waals surface area contributed by atoms with Crippen molar-refractivity contribution in [2.24, 2.45) is 0 Å². The van der Waals surface area contributed by atoms with E-state index in [1.165, 1.54) is 0 Å². The molecule has 0 aromatic carbocycles. The van der Waals surface area contributed by atoms with Crippen molar-refractivity contribution in [3.63, 3.8) is 0 Å². The van der Waals surface area contributed by atoms with Gasteiger partial charge in [0.05, 0.1) is 6.26 Å². The first-order valence-electron chi connectivity index (χ1n) is 5.20. The molecule has 84 valence electrons. The van der Waals surface area contributed by atoms with Gasteiger partial charge in [0.25, 0.3) is 0 Å². The van der Waals surface area contributed by atoms with Crippen molar-refractivity contribution in [1.82, 2.24) is 0 Å². The van der Waals surface area contributed by atoms with Crippen molar-refractivity contribution in [1.29, 1.82) is 0 Å². The molecule has 0 atom stereocenters. The molecule has 1 aliphatic rings. The van der Waals surface area contributed by atoms with Crippen LogP contribution < -0.4 is 0 Å². The van der Waals surface area contributed by atoms with Crippen LogP contribution in [0, 0.1) is 0 Å². The molecule has 0 bridgehead atoms. The van der Waals surface area contributed by atoms with Crippen molar-refractivity contribution in [2.45, 2.75) is 45.6 Å². The second-order valence-corrected chi connectivity index (χ2v) is 4.49. The summed E-state index contributed by atoms with van der Waals surface area (Å²) in [6, 6.07) is 0. The molecule has 0 aromatic heterocycles. The van der Waals surface area contributed by atoms with Gasteiger partial charge in [-0.1, -0.05) is 0 Å². The second kappa shape index (κ2) is 5.01. The highest BCUT2D eigenvalue weighted by molar-refractivity contribution is 5.70. The highest BCUT2D eigenvalue weighted by Gasteiger charge is 2.15. The zero-order valence-corrected chi connectivity index (χ0v) is 9.58. The molecule has 0 unspecified atom stereocenters. The maximum atomic E-state index is 11.3. The Bertz CT molecular complexity index is 272. The third-order valence-corrected chi connectivity index (χ3v) is 1.78. The van der Waals surface area contributed by atoms with Gasteiger partial charge in [0.15, 0.2) is 0 Å². The fraction of sp³-hybridized carbons (Fsp3) is 0.583. The lowest BCUT2D eigenvalue weighted by Gasteiger charge is -2.19. The van der Waals surface area contributed by atoms with E-state index in [1.54, 1.807) is 6.26 Å². The van der Waals surface area contributed by atoms with Gasteiger partial charge in [-0.05, 0) is 39.3 Å². The number of hydrogen-bond acceptors (Lipinski definition) is 3. The van der Waals surface area contributed by atoms with E-state index in [0.717, 1.165) is 12.2 Å². The number of allylic oxidation sites excluding steroid dienone is 2. The molecule has 0 N–H and O–H groups in total. The fourth-order valence-corrected chi connectivity index (χ4v) is 1.22. The van der Waals surface area contributed by atoms with E-state index >= 15 is 0 Å². The van der Waals surface area contributed by atoms with E-state index in [-0.39, 0.29) is 5.97 Å². The van der Waals surface area contributed by atoms with Gasteiger partial charge in [0.1, 0.15) is 11.4 Å². The summed E-state index contributed by atoms with van der Waals surface area (Å²) in [4.78, 5) is 11.3. The average molecular weight is 210 g/mol.